The summed E-state index contributed by atoms with van der Waals surface area (Å²) in [5.41, 5.74) is 0.909. The molecule has 0 aromatic heterocycles. The average Bonchev–Trinajstić information content (AvgIpc) is 2.62. The van der Waals surface area contributed by atoms with Crippen molar-refractivity contribution in [1.29, 1.82) is 0 Å². The highest BCUT2D eigenvalue weighted by atomic mass is 35.5. The number of carbonyl (C=O) groups is 2. The monoisotopic (exact) mass is 418 g/mol. The summed E-state index contributed by atoms with van der Waals surface area (Å²) in [4.78, 5) is 25.8. The molecule has 1 aromatic rings. The number of likely N-dealkylation sites (N-methyl/N-ethyl adjacent to an activating group) is 1. The van der Waals surface area contributed by atoms with Crippen LogP contribution in [0.3, 0.4) is 0 Å². The van der Waals surface area contributed by atoms with Crippen molar-refractivity contribution in [2.45, 2.75) is 51.5 Å². The van der Waals surface area contributed by atoms with Gasteiger partial charge in [-0.3, -0.25) is 9.59 Å². The number of para-hydroxylation sites is 1. The Hall–Kier alpha value is -1.59. The second-order valence-electron chi connectivity index (χ2n) is 9.91. The van der Waals surface area contributed by atoms with Gasteiger partial charge in [-0.1, -0.05) is 23.7 Å². The fraction of sp³-hybridized carbons (Fsp3) is 0.652. The van der Waals surface area contributed by atoms with E-state index in [0.717, 1.165) is 22.7 Å². The largest absolute Gasteiger partial charge is 0.348 e. The quantitative estimate of drug-likeness (QED) is 0.637. The molecule has 6 heteroatoms. The number of quaternary nitrogens is 1. The Labute approximate surface area is 178 Å². The molecule has 1 unspecified atom stereocenters. The Balaban J connectivity index is 1.26. The van der Waals surface area contributed by atoms with E-state index in [1.807, 2.05) is 19.2 Å². The number of anilines is 1. The Morgan fingerprint density at radius 1 is 1.07 bits per heavy atom. The molecule has 4 bridgehead atoms. The van der Waals surface area contributed by atoms with Crippen LogP contribution in [0.5, 0.6) is 0 Å². The third-order valence-corrected chi connectivity index (χ3v) is 7.78. The molecule has 0 aliphatic heterocycles. The van der Waals surface area contributed by atoms with Crippen molar-refractivity contribution in [3.63, 3.8) is 0 Å². The van der Waals surface area contributed by atoms with Crippen LogP contribution in [-0.2, 0) is 9.59 Å². The number of amides is 2. The maximum atomic E-state index is 12.7. The first-order valence-corrected chi connectivity index (χ1v) is 11.4. The number of nitrogens with one attached hydrogen (secondary N) is 3. The number of halogens is 1. The van der Waals surface area contributed by atoms with Gasteiger partial charge in [-0.2, -0.15) is 0 Å². The van der Waals surface area contributed by atoms with Gasteiger partial charge in [-0.25, -0.2) is 0 Å². The van der Waals surface area contributed by atoms with Gasteiger partial charge in [0.05, 0.1) is 17.8 Å². The van der Waals surface area contributed by atoms with Crippen LogP contribution in [0.15, 0.2) is 24.3 Å². The van der Waals surface area contributed by atoms with Crippen LogP contribution in [0.4, 0.5) is 5.69 Å². The predicted molar refractivity (Wildman–Crippen MR) is 115 cm³/mol. The fourth-order valence-corrected chi connectivity index (χ4v) is 6.70. The van der Waals surface area contributed by atoms with E-state index < -0.39 is 0 Å². The van der Waals surface area contributed by atoms with Crippen molar-refractivity contribution in [3.8, 4) is 0 Å². The van der Waals surface area contributed by atoms with Crippen LogP contribution >= 0.6 is 11.6 Å². The van der Waals surface area contributed by atoms with Crippen LogP contribution in [0, 0.1) is 23.2 Å². The van der Waals surface area contributed by atoms with Gasteiger partial charge in [0.2, 0.25) is 0 Å². The van der Waals surface area contributed by atoms with E-state index in [1.54, 1.807) is 12.1 Å². The molecule has 3 N–H and O–H groups in total. The summed E-state index contributed by atoms with van der Waals surface area (Å²) < 4.78 is 0. The first-order chi connectivity index (χ1) is 13.8. The highest BCUT2D eigenvalue weighted by Crippen LogP contribution is 2.61. The van der Waals surface area contributed by atoms with Crippen LogP contribution in [0.2, 0.25) is 5.02 Å². The van der Waals surface area contributed by atoms with Crippen LogP contribution in [0.25, 0.3) is 0 Å². The first-order valence-electron chi connectivity index (χ1n) is 11.0. The Kier molecular flexibility index (Phi) is 5.90. The minimum Gasteiger partial charge on any atom is -0.348 e. The lowest BCUT2D eigenvalue weighted by molar-refractivity contribution is -0.862. The molecular formula is C23H33ClN3O2+. The van der Waals surface area contributed by atoms with E-state index in [4.69, 9.17) is 11.6 Å². The van der Waals surface area contributed by atoms with E-state index >= 15 is 0 Å². The predicted octanol–water partition coefficient (Wildman–Crippen LogP) is 2.51. The van der Waals surface area contributed by atoms with Crippen molar-refractivity contribution in [3.05, 3.63) is 29.3 Å². The summed E-state index contributed by atoms with van der Waals surface area (Å²) in [6.07, 6.45) is 8.07. The topological polar surface area (TPSA) is 62.6 Å². The molecule has 1 aromatic carbocycles. The molecule has 29 heavy (non-hydrogen) atoms. The van der Waals surface area contributed by atoms with E-state index in [1.165, 1.54) is 38.5 Å². The van der Waals surface area contributed by atoms with Gasteiger partial charge in [0, 0.05) is 6.04 Å². The van der Waals surface area contributed by atoms with Crippen LogP contribution < -0.4 is 15.5 Å². The third-order valence-electron chi connectivity index (χ3n) is 7.45. The lowest BCUT2D eigenvalue weighted by atomic mass is 9.48. The molecule has 0 saturated heterocycles. The minimum absolute atomic E-state index is 0.0382. The Bertz CT molecular complexity index is 746. The van der Waals surface area contributed by atoms with Crippen LogP contribution in [-0.4, -0.2) is 38.0 Å². The average molecular weight is 419 g/mol. The fourth-order valence-electron chi connectivity index (χ4n) is 6.52. The molecular weight excluding hydrogens is 386 g/mol. The zero-order valence-electron chi connectivity index (χ0n) is 17.5. The highest BCUT2D eigenvalue weighted by molar-refractivity contribution is 6.33. The number of benzene rings is 1. The number of hydrogen-bond donors (Lipinski definition) is 3. The lowest BCUT2D eigenvalue weighted by Gasteiger charge is -2.59. The molecule has 5 rings (SSSR count). The van der Waals surface area contributed by atoms with Crippen molar-refractivity contribution < 1.29 is 14.5 Å². The SMILES string of the molecule is C[C@@H](NC(=O)C[NH+](C)CC(=O)Nc1ccccc1Cl)C12CC3CC(CC(C3)C1)C2. The van der Waals surface area contributed by atoms with Crippen molar-refractivity contribution in [2.24, 2.45) is 23.2 Å². The van der Waals surface area contributed by atoms with Gasteiger partial charge in [0.25, 0.3) is 11.8 Å². The zero-order valence-corrected chi connectivity index (χ0v) is 18.2. The third kappa shape index (κ3) is 4.61. The molecule has 0 radical (unpaired) electrons. The first kappa shape index (κ1) is 20.7. The van der Waals surface area contributed by atoms with Gasteiger partial charge in [-0.15, -0.1) is 0 Å². The van der Waals surface area contributed by atoms with Gasteiger partial charge in [0.15, 0.2) is 13.1 Å². The molecule has 2 amide bonds. The minimum atomic E-state index is -0.141. The van der Waals surface area contributed by atoms with E-state index in [-0.39, 0.29) is 24.4 Å². The maximum absolute atomic E-state index is 12.7. The van der Waals surface area contributed by atoms with Gasteiger partial charge < -0.3 is 15.5 Å². The number of carbonyl (C=O) groups excluding carboxylic acids is 2. The molecule has 4 aliphatic carbocycles. The molecule has 0 spiro atoms. The van der Waals surface area contributed by atoms with Gasteiger partial charge in [0.1, 0.15) is 0 Å². The molecule has 158 valence electrons. The van der Waals surface area contributed by atoms with E-state index in [0.29, 0.717) is 22.7 Å². The smallest absolute Gasteiger partial charge is 0.279 e. The van der Waals surface area contributed by atoms with Crippen LogP contribution in [0.1, 0.15) is 45.4 Å². The lowest BCUT2D eigenvalue weighted by Crippen LogP contribution is -3.11. The van der Waals surface area contributed by atoms with Gasteiger partial charge in [-0.05, 0) is 80.8 Å². The second-order valence-corrected chi connectivity index (χ2v) is 10.3. The van der Waals surface area contributed by atoms with Crippen molar-refractivity contribution in [1.82, 2.24) is 5.32 Å². The van der Waals surface area contributed by atoms with E-state index in [2.05, 4.69) is 17.6 Å². The van der Waals surface area contributed by atoms with Gasteiger partial charge >= 0.3 is 0 Å². The Morgan fingerprint density at radius 3 is 2.21 bits per heavy atom. The highest BCUT2D eigenvalue weighted by Gasteiger charge is 2.53. The summed E-state index contributed by atoms with van der Waals surface area (Å²) in [6.45, 7) is 2.72. The molecule has 5 nitrogen and oxygen atoms in total. The summed E-state index contributed by atoms with van der Waals surface area (Å²) in [6, 6.07) is 7.39. The molecule has 4 saturated carbocycles. The van der Waals surface area contributed by atoms with Crippen molar-refractivity contribution in [2.75, 3.05) is 25.5 Å². The Morgan fingerprint density at radius 2 is 1.62 bits per heavy atom. The summed E-state index contributed by atoms with van der Waals surface area (Å²) in [5, 5.41) is 6.62. The molecule has 4 fully saturated rings. The number of hydrogen-bond acceptors (Lipinski definition) is 2. The normalized spacial score (nSPS) is 31.9. The summed E-state index contributed by atoms with van der Waals surface area (Å²) in [5.74, 6) is 2.53. The molecule has 0 heterocycles. The standard InChI is InChI=1S/C23H32ClN3O2/c1-15(23-10-16-7-17(11-23)9-18(8-16)12-23)25-21(28)13-27(2)14-22(29)26-20-6-4-3-5-19(20)24/h3-6,15-18H,7-14H2,1-2H3,(H,25,28)(H,26,29)/p+1/t15-,16?,17?,18?,23?/m1/s1. The number of rotatable bonds is 7. The van der Waals surface area contributed by atoms with E-state index in [9.17, 15) is 9.59 Å². The summed E-state index contributed by atoms with van der Waals surface area (Å²) >= 11 is 6.09. The van der Waals surface area contributed by atoms with Crippen molar-refractivity contribution >= 4 is 29.1 Å². The zero-order chi connectivity index (χ0) is 20.6. The molecule has 4 aliphatic rings. The summed E-state index contributed by atoms with van der Waals surface area (Å²) in [7, 11) is 1.88. The maximum Gasteiger partial charge on any atom is 0.279 e. The second kappa shape index (κ2) is 8.27. The molecule has 2 atom stereocenters.